The largest absolute Gasteiger partial charge is 0.488 e. The summed E-state index contributed by atoms with van der Waals surface area (Å²) in [6.07, 6.45) is 2.45. The fourth-order valence-corrected chi connectivity index (χ4v) is 7.41. The molecule has 1 heterocycles. The average molecular weight is 751 g/mol. The number of hydrazone groups is 1. The molecule has 5 aromatic carbocycles. The third-order valence-electron chi connectivity index (χ3n) is 12.1. The third kappa shape index (κ3) is 10.2. The highest BCUT2D eigenvalue weighted by atomic mass is 16.5. The molecule has 0 fully saturated rings. The second-order valence-corrected chi connectivity index (χ2v) is 17.8. The molecule has 0 saturated carbocycles. The molecule has 2 atom stereocenters. The van der Waals surface area contributed by atoms with Gasteiger partial charge in [0, 0.05) is 19.3 Å². The molecule has 0 bridgehead atoms. The van der Waals surface area contributed by atoms with Crippen molar-refractivity contribution < 1.29 is 14.2 Å². The molecule has 5 aromatic rings. The van der Waals surface area contributed by atoms with Crippen molar-refractivity contribution in [2.75, 3.05) is 18.2 Å². The van der Waals surface area contributed by atoms with Crippen molar-refractivity contribution in [1.82, 2.24) is 0 Å². The molecule has 5 heteroatoms. The molecule has 0 spiro atoms. The number of ether oxygens (including phenoxy) is 3. The van der Waals surface area contributed by atoms with Gasteiger partial charge in [0.15, 0.2) is 0 Å². The lowest BCUT2D eigenvalue weighted by molar-refractivity contribution is -0.145. The van der Waals surface area contributed by atoms with Crippen LogP contribution in [0.15, 0.2) is 145 Å². The summed E-state index contributed by atoms with van der Waals surface area (Å²) in [5.41, 5.74) is 7.07. The molecule has 1 aliphatic heterocycles. The molecule has 0 aliphatic carbocycles. The van der Waals surface area contributed by atoms with Crippen LogP contribution in [0.2, 0.25) is 0 Å². The van der Waals surface area contributed by atoms with Gasteiger partial charge >= 0.3 is 0 Å². The van der Waals surface area contributed by atoms with Gasteiger partial charge in [0.25, 0.3) is 0 Å². The summed E-state index contributed by atoms with van der Waals surface area (Å²) in [4.78, 5) is 0. The molecule has 56 heavy (non-hydrogen) atoms. The standard InChI is InChI=1S/C51H62N2O3/c1-38(37-55-49(4,5)36-39-19-13-10-14-20-39)50(6,7)51(8,9)54-34-33-48(2,3)56-45-31-29-43(30-32-45)47-35-46(52-53(47)44-23-17-12-18-24-44)42-27-25-41(26-28-42)40-21-15-11-16-22-40/h10-32,38,47H,33-37H2,1-9H3. The van der Waals surface area contributed by atoms with E-state index in [9.17, 15) is 0 Å². The van der Waals surface area contributed by atoms with Crippen molar-refractivity contribution in [3.05, 3.63) is 156 Å². The van der Waals surface area contributed by atoms with Gasteiger partial charge in [-0.25, -0.2) is 0 Å². The van der Waals surface area contributed by atoms with Gasteiger partial charge in [-0.15, -0.1) is 0 Å². The van der Waals surface area contributed by atoms with E-state index in [1.807, 2.05) is 6.07 Å². The first-order chi connectivity index (χ1) is 26.6. The van der Waals surface area contributed by atoms with E-state index in [0.717, 1.165) is 42.0 Å². The molecule has 5 nitrogen and oxygen atoms in total. The number of anilines is 1. The van der Waals surface area contributed by atoms with Gasteiger partial charge in [-0.3, -0.25) is 5.01 Å². The van der Waals surface area contributed by atoms with Gasteiger partial charge in [0.2, 0.25) is 0 Å². The van der Waals surface area contributed by atoms with E-state index in [1.165, 1.54) is 22.3 Å². The number of hydrogen-bond donors (Lipinski definition) is 0. The predicted octanol–water partition coefficient (Wildman–Crippen LogP) is 12.8. The van der Waals surface area contributed by atoms with Gasteiger partial charge < -0.3 is 14.2 Å². The summed E-state index contributed by atoms with van der Waals surface area (Å²) < 4.78 is 19.8. The van der Waals surface area contributed by atoms with Crippen LogP contribution in [0.25, 0.3) is 11.1 Å². The van der Waals surface area contributed by atoms with Crippen LogP contribution in [-0.2, 0) is 15.9 Å². The van der Waals surface area contributed by atoms with Crippen molar-refractivity contribution in [2.45, 2.75) is 104 Å². The lowest BCUT2D eigenvalue weighted by atomic mass is 9.68. The second-order valence-electron chi connectivity index (χ2n) is 17.8. The fraction of sp³-hybridized carbons (Fsp3) is 0.392. The molecule has 1 aliphatic rings. The summed E-state index contributed by atoms with van der Waals surface area (Å²) in [5.74, 6) is 1.14. The zero-order chi connectivity index (χ0) is 40.0. The van der Waals surface area contributed by atoms with Gasteiger partial charge in [-0.1, -0.05) is 136 Å². The molecule has 0 radical (unpaired) electrons. The van der Waals surface area contributed by atoms with Crippen LogP contribution in [0.5, 0.6) is 5.75 Å². The Balaban J connectivity index is 1.04. The second kappa shape index (κ2) is 17.2. The van der Waals surface area contributed by atoms with Crippen molar-refractivity contribution >= 4 is 11.4 Å². The SMILES string of the molecule is CC(COC(C)(C)Cc1ccccc1)C(C)(C)C(C)(C)OCCC(C)(C)Oc1ccc(C2CC(c3ccc(-c4ccccc4)cc3)=NN2c2ccccc2)cc1. The Labute approximate surface area is 336 Å². The van der Waals surface area contributed by atoms with Crippen molar-refractivity contribution in [3.63, 3.8) is 0 Å². The Morgan fingerprint density at radius 1 is 0.625 bits per heavy atom. The van der Waals surface area contributed by atoms with Crippen LogP contribution in [0.3, 0.4) is 0 Å². The monoisotopic (exact) mass is 750 g/mol. The minimum absolute atomic E-state index is 0.0740. The van der Waals surface area contributed by atoms with E-state index in [1.54, 1.807) is 0 Å². The molecule has 0 amide bonds. The van der Waals surface area contributed by atoms with Crippen molar-refractivity contribution in [1.29, 1.82) is 0 Å². The smallest absolute Gasteiger partial charge is 0.120 e. The summed E-state index contributed by atoms with van der Waals surface area (Å²) in [6.45, 7) is 21.2. The van der Waals surface area contributed by atoms with Crippen molar-refractivity contribution in [3.8, 4) is 16.9 Å². The fourth-order valence-electron chi connectivity index (χ4n) is 7.41. The lowest BCUT2D eigenvalue weighted by Crippen LogP contribution is -2.48. The first-order valence-electron chi connectivity index (χ1n) is 20.3. The summed E-state index contributed by atoms with van der Waals surface area (Å²) in [6, 6.07) is 49.0. The maximum Gasteiger partial charge on any atom is 0.120 e. The Morgan fingerprint density at radius 2 is 1.18 bits per heavy atom. The molecule has 0 N–H and O–H groups in total. The van der Waals surface area contributed by atoms with E-state index in [-0.39, 0.29) is 28.6 Å². The van der Waals surface area contributed by atoms with Crippen molar-refractivity contribution in [2.24, 2.45) is 16.4 Å². The van der Waals surface area contributed by atoms with Crippen LogP contribution < -0.4 is 9.75 Å². The maximum atomic E-state index is 6.68. The van der Waals surface area contributed by atoms with Gasteiger partial charge in [0.05, 0.1) is 41.9 Å². The average Bonchev–Trinajstić information content (AvgIpc) is 3.63. The first-order valence-corrected chi connectivity index (χ1v) is 20.3. The molecule has 0 saturated heterocycles. The molecular weight excluding hydrogens is 689 g/mol. The van der Waals surface area contributed by atoms with E-state index < -0.39 is 5.60 Å². The quantitative estimate of drug-likeness (QED) is 0.0949. The van der Waals surface area contributed by atoms with E-state index in [2.05, 4.69) is 201 Å². The number of nitrogens with zero attached hydrogens (tertiary/aromatic N) is 2. The zero-order valence-electron chi connectivity index (χ0n) is 35.1. The van der Waals surface area contributed by atoms with Crippen LogP contribution >= 0.6 is 0 Å². The summed E-state index contributed by atoms with van der Waals surface area (Å²) in [5, 5.41) is 7.35. The molecule has 0 aromatic heterocycles. The van der Waals surface area contributed by atoms with Crippen LogP contribution in [-0.4, -0.2) is 35.7 Å². The van der Waals surface area contributed by atoms with E-state index in [0.29, 0.717) is 13.2 Å². The van der Waals surface area contributed by atoms with E-state index >= 15 is 0 Å². The molecule has 6 rings (SSSR count). The first kappa shape index (κ1) is 40.9. The topological polar surface area (TPSA) is 43.3 Å². The highest BCUT2D eigenvalue weighted by molar-refractivity contribution is 6.03. The van der Waals surface area contributed by atoms with Crippen LogP contribution in [0.1, 0.15) is 97.9 Å². The summed E-state index contributed by atoms with van der Waals surface area (Å²) >= 11 is 0. The molecular formula is C51H62N2O3. The highest BCUT2D eigenvalue weighted by Crippen LogP contribution is 2.42. The minimum Gasteiger partial charge on any atom is -0.488 e. The number of benzene rings is 5. The predicted molar refractivity (Wildman–Crippen MR) is 234 cm³/mol. The Hall–Kier alpha value is -4.71. The third-order valence-corrected chi connectivity index (χ3v) is 12.1. The Kier molecular flexibility index (Phi) is 12.6. The van der Waals surface area contributed by atoms with Gasteiger partial charge in [-0.2, -0.15) is 5.10 Å². The number of rotatable bonds is 17. The highest BCUT2D eigenvalue weighted by Gasteiger charge is 2.43. The van der Waals surface area contributed by atoms with E-state index in [4.69, 9.17) is 19.3 Å². The van der Waals surface area contributed by atoms with Crippen LogP contribution in [0.4, 0.5) is 5.69 Å². The lowest BCUT2D eigenvalue weighted by Gasteiger charge is -2.46. The van der Waals surface area contributed by atoms with Crippen LogP contribution in [0, 0.1) is 11.3 Å². The molecule has 2 unspecified atom stereocenters. The Morgan fingerprint density at radius 3 is 1.80 bits per heavy atom. The molecule has 294 valence electrons. The minimum atomic E-state index is -0.413. The zero-order valence-corrected chi connectivity index (χ0v) is 35.1. The normalized spacial score (nSPS) is 15.8. The number of para-hydroxylation sites is 1. The van der Waals surface area contributed by atoms with Gasteiger partial charge in [0.1, 0.15) is 11.4 Å². The Bertz CT molecular complexity index is 2000. The number of hydrogen-bond acceptors (Lipinski definition) is 5. The maximum absolute atomic E-state index is 6.68. The summed E-state index contributed by atoms with van der Waals surface area (Å²) in [7, 11) is 0. The van der Waals surface area contributed by atoms with Gasteiger partial charge in [-0.05, 0) is 105 Å².